The highest BCUT2D eigenvalue weighted by atomic mass is 16.7. The fraction of sp³-hybridized carbons (Fsp3) is 0.231. The molecule has 4 rings (SSSR count). The molecule has 1 unspecified atom stereocenters. The van der Waals surface area contributed by atoms with Crippen LogP contribution in [0.25, 0.3) is 0 Å². The molecule has 6 heteroatoms. The second kappa shape index (κ2) is 10.1. The van der Waals surface area contributed by atoms with Crippen LogP contribution in [0, 0.1) is 0 Å². The van der Waals surface area contributed by atoms with Crippen LogP contribution in [-0.4, -0.2) is 23.6 Å². The lowest BCUT2D eigenvalue weighted by atomic mass is 9.82. The fourth-order valence-corrected chi connectivity index (χ4v) is 4.13. The first-order valence-corrected chi connectivity index (χ1v) is 10.6. The van der Waals surface area contributed by atoms with Gasteiger partial charge >= 0.3 is 5.97 Å². The minimum Gasteiger partial charge on any atom is -0.482 e. The van der Waals surface area contributed by atoms with Gasteiger partial charge in [0.2, 0.25) is 0 Å². The Morgan fingerprint density at radius 2 is 1.59 bits per heavy atom. The van der Waals surface area contributed by atoms with Crippen LogP contribution in [0.2, 0.25) is 0 Å². The first kappa shape index (κ1) is 21.6. The maximum Gasteiger partial charge on any atom is 0.341 e. The van der Waals surface area contributed by atoms with E-state index in [2.05, 4.69) is 5.48 Å². The topological polar surface area (TPSA) is 84.9 Å². The average molecular weight is 431 g/mol. The van der Waals surface area contributed by atoms with Crippen LogP contribution in [0.5, 0.6) is 5.75 Å². The van der Waals surface area contributed by atoms with Crippen molar-refractivity contribution >= 4 is 11.9 Å². The van der Waals surface area contributed by atoms with Crippen LogP contribution in [-0.2, 0) is 20.8 Å². The van der Waals surface area contributed by atoms with Crippen molar-refractivity contribution in [3.63, 3.8) is 0 Å². The number of fused-ring (bicyclic) bond motifs is 1. The van der Waals surface area contributed by atoms with E-state index in [-0.39, 0.29) is 11.8 Å². The average Bonchev–Trinajstić information content (AvgIpc) is 2.83. The Labute approximate surface area is 186 Å². The molecule has 1 amide bonds. The number of benzene rings is 3. The minimum atomic E-state index is -1.03. The minimum absolute atomic E-state index is 0.224. The van der Waals surface area contributed by atoms with Crippen molar-refractivity contribution in [3.8, 4) is 5.75 Å². The van der Waals surface area contributed by atoms with Crippen molar-refractivity contribution in [1.82, 2.24) is 5.48 Å². The van der Waals surface area contributed by atoms with Gasteiger partial charge in [0.1, 0.15) is 11.9 Å². The summed E-state index contributed by atoms with van der Waals surface area (Å²) in [4.78, 5) is 30.0. The van der Waals surface area contributed by atoms with E-state index in [9.17, 15) is 9.59 Å². The van der Waals surface area contributed by atoms with Gasteiger partial charge in [-0.05, 0) is 47.6 Å². The number of ether oxygens (including phenoxy) is 1. The van der Waals surface area contributed by atoms with E-state index in [0.29, 0.717) is 12.2 Å². The summed E-state index contributed by atoms with van der Waals surface area (Å²) in [5.74, 6) is -1.12. The Morgan fingerprint density at radius 3 is 2.22 bits per heavy atom. The quantitative estimate of drug-likeness (QED) is 0.516. The van der Waals surface area contributed by atoms with E-state index in [1.807, 2.05) is 66.7 Å². The highest BCUT2D eigenvalue weighted by Gasteiger charge is 2.29. The normalized spacial score (nSPS) is 15.1. The summed E-state index contributed by atoms with van der Waals surface area (Å²) in [6.45, 7) is -0.410. The molecule has 0 aromatic heterocycles. The van der Waals surface area contributed by atoms with Crippen LogP contribution in [0.1, 0.15) is 47.1 Å². The van der Waals surface area contributed by atoms with E-state index in [1.54, 1.807) is 12.1 Å². The predicted octanol–water partition coefficient (Wildman–Crippen LogP) is 4.41. The molecule has 3 aromatic carbocycles. The van der Waals surface area contributed by atoms with Gasteiger partial charge in [0.25, 0.3) is 5.91 Å². The van der Waals surface area contributed by atoms with Crippen LogP contribution in [0.3, 0.4) is 0 Å². The molecule has 2 N–H and O–H groups in total. The number of hydrogen-bond donors (Lipinski definition) is 2. The van der Waals surface area contributed by atoms with Gasteiger partial charge in [-0.25, -0.2) is 10.3 Å². The number of carbonyl (C=O) groups is 2. The predicted molar refractivity (Wildman–Crippen MR) is 119 cm³/mol. The molecule has 0 fully saturated rings. The smallest absolute Gasteiger partial charge is 0.341 e. The number of nitrogens with one attached hydrogen (secondary N) is 1. The SMILES string of the molecule is O=C(O)COc1cccc2c1CCCC2C(=O)NOC(c1ccccc1)c1ccccc1. The van der Waals surface area contributed by atoms with Crippen molar-refractivity contribution in [1.29, 1.82) is 0 Å². The van der Waals surface area contributed by atoms with Crippen LogP contribution in [0.4, 0.5) is 0 Å². The van der Waals surface area contributed by atoms with E-state index < -0.39 is 18.7 Å². The Morgan fingerprint density at radius 1 is 0.938 bits per heavy atom. The number of carbonyl (C=O) groups excluding carboxylic acids is 1. The summed E-state index contributed by atoms with van der Waals surface area (Å²) in [7, 11) is 0. The van der Waals surface area contributed by atoms with E-state index in [0.717, 1.165) is 35.1 Å². The number of rotatable bonds is 8. The molecule has 0 aliphatic heterocycles. The van der Waals surface area contributed by atoms with Crippen molar-refractivity contribution < 1.29 is 24.3 Å². The standard InChI is InChI=1S/C26H25NO5/c28-24(29)17-31-23-16-8-13-20-21(23)14-7-15-22(20)26(30)27-32-25(18-9-3-1-4-10-18)19-11-5-2-6-12-19/h1-6,8-13,16,22,25H,7,14-15,17H2,(H,27,30)(H,28,29). The molecule has 0 heterocycles. The van der Waals surface area contributed by atoms with Crippen molar-refractivity contribution in [2.45, 2.75) is 31.3 Å². The van der Waals surface area contributed by atoms with Gasteiger partial charge in [-0.1, -0.05) is 72.8 Å². The number of carboxylic acid groups (broad SMARTS) is 1. The van der Waals surface area contributed by atoms with Gasteiger partial charge < -0.3 is 9.84 Å². The number of hydrogen-bond acceptors (Lipinski definition) is 4. The summed E-state index contributed by atoms with van der Waals surface area (Å²) in [6.07, 6.45) is 1.80. The summed E-state index contributed by atoms with van der Waals surface area (Å²) in [6, 6.07) is 24.9. The number of aliphatic carboxylic acids is 1. The monoisotopic (exact) mass is 431 g/mol. The van der Waals surface area contributed by atoms with Crippen LogP contribution >= 0.6 is 0 Å². The molecular formula is C26H25NO5. The van der Waals surface area contributed by atoms with E-state index >= 15 is 0 Å². The molecule has 3 aromatic rings. The largest absolute Gasteiger partial charge is 0.482 e. The number of amides is 1. The summed E-state index contributed by atoms with van der Waals surface area (Å²) in [5, 5.41) is 8.92. The molecule has 0 saturated carbocycles. The zero-order valence-corrected chi connectivity index (χ0v) is 17.6. The molecule has 0 spiro atoms. The third-order valence-electron chi connectivity index (χ3n) is 5.61. The molecule has 32 heavy (non-hydrogen) atoms. The van der Waals surface area contributed by atoms with Crippen molar-refractivity contribution in [2.75, 3.05) is 6.61 Å². The van der Waals surface area contributed by atoms with Gasteiger partial charge in [-0.2, -0.15) is 0 Å². The first-order chi connectivity index (χ1) is 15.6. The fourth-order valence-electron chi connectivity index (χ4n) is 4.13. The summed E-state index contributed by atoms with van der Waals surface area (Å²) in [5.41, 5.74) is 6.31. The third kappa shape index (κ3) is 4.98. The van der Waals surface area contributed by atoms with Crippen molar-refractivity contribution in [3.05, 3.63) is 101 Å². The zero-order chi connectivity index (χ0) is 22.3. The lowest BCUT2D eigenvalue weighted by Crippen LogP contribution is -2.33. The molecule has 1 atom stereocenters. The molecule has 0 radical (unpaired) electrons. The van der Waals surface area contributed by atoms with Gasteiger partial charge in [-0.3, -0.25) is 9.63 Å². The Hall–Kier alpha value is -3.64. The molecule has 6 nitrogen and oxygen atoms in total. The lowest BCUT2D eigenvalue weighted by molar-refractivity contribution is -0.140. The number of hydroxylamine groups is 1. The zero-order valence-electron chi connectivity index (χ0n) is 17.6. The third-order valence-corrected chi connectivity index (χ3v) is 5.61. The van der Waals surface area contributed by atoms with E-state index in [1.165, 1.54) is 0 Å². The Balaban J connectivity index is 1.52. The lowest BCUT2D eigenvalue weighted by Gasteiger charge is -2.27. The van der Waals surface area contributed by atoms with Gasteiger partial charge in [0, 0.05) is 0 Å². The molecule has 164 valence electrons. The highest BCUT2D eigenvalue weighted by molar-refractivity contribution is 5.84. The van der Waals surface area contributed by atoms with Crippen LogP contribution < -0.4 is 10.2 Å². The summed E-state index contributed by atoms with van der Waals surface area (Å²) >= 11 is 0. The molecule has 0 saturated heterocycles. The second-order valence-electron chi connectivity index (χ2n) is 7.74. The first-order valence-electron chi connectivity index (χ1n) is 10.6. The molecule has 1 aliphatic carbocycles. The Bertz CT molecular complexity index is 1030. The van der Waals surface area contributed by atoms with Gasteiger partial charge in [-0.15, -0.1) is 0 Å². The highest BCUT2D eigenvalue weighted by Crippen LogP contribution is 2.37. The van der Waals surface area contributed by atoms with Crippen LogP contribution in [0.15, 0.2) is 78.9 Å². The molecule has 0 bridgehead atoms. The van der Waals surface area contributed by atoms with E-state index in [4.69, 9.17) is 14.7 Å². The second-order valence-corrected chi connectivity index (χ2v) is 7.74. The molecule has 1 aliphatic rings. The maximum absolute atomic E-state index is 13.1. The summed E-state index contributed by atoms with van der Waals surface area (Å²) < 4.78 is 5.45. The van der Waals surface area contributed by atoms with Crippen molar-refractivity contribution in [2.24, 2.45) is 0 Å². The molecular weight excluding hydrogens is 406 g/mol. The number of carboxylic acids is 1. The Kier molecular flexibility index (Phi) is 6.82. The van der Waals surface area contributed by atoms with Gasteiger partial charge in [0.05, 0.1) is 5.92 Å². The van der Waals surface area contributed by atoms with Gasteiger partial charge in [0.15, 0.2) is 6.61 Å². The maximum atomic E-state index is 13.1.